The number of ether oxygens (including phenoxy) is 1. The molecule has 2 saturated heterocycles. The number of hydrogen-bond donors (Lipinski definition) is 0. The molecule has 2 fully saturated rings. The molecule has 0 spiro atoms. The highest BCUT2D eigenvalue weighted by Gasteiger charge is 2.26. The van der Waals surface area contributed by atoms with Gasteiger partial charge < -0.3 is 4.74 Å². The van der Waals surface area contributed by atoms with Gasteiger partial charge in [-0.1, -0.05) is 30.3 Å². The second-order valence-corrected chi connectivity index (χ2v) is 7.40. The summed E-state index contributed by atoms with van der Waals surface area (Å²) in [4.78, 5) is 9.08. The van der Waals surface area contributed by atoms with E-state index in [1.165, 1.54) is 10.4 Å². The van der Waals surface area contributed by atoms with Crippen LogP contribution in [0.25, 0.3) is 0 Å². The largest absolute Gasteiger partial charge is 0.367 e. The average Bonchev–Trinajstić information content (AvgIpc) is 3.15. The number of rotatable bonds is 6. The molecule has 1 aromatic heterocycles. The van der Waals surface area contributed by atoms with Crippen LogP contribution >= 0.6 is 0 Å². The first-order chi connectivity index (χ1) is 13.3. The van der Waals surface area contributed by atoms with Gasteiger partial charge in [-0.05, 0) is 10.8 Å². The predicted octanol–water partition coefficient (Wildman–Crippen LogP) is 0.401. The molecule has 27 heavy (non-hydrogen) atoms. The molecule has 0 bridgehead atoms. The van der Waals surface area contributed by atoms with Gasteiger partial charge in [0.1, 0.15) is 6.10 Å². The number of tetrazole rings is 1. The molecular formula is C19H29N7O. The maximum Gasteiger partial charge on any atom is 0.204 e. The summed E-state index contributed by atoms with van der Waals surface area (Å²) in [6, 6.07) is 10.8. The Morgan fingerprint density at radius 1 is 0.963 bits per heavy atom. The van der Waals surface area contributed by atoms with E-state index in [1.54, 1.807) is 7.05 Å². The van der Waals surface area contributed by atoms with Crippen molar-refractivity contribution in [2.24, 2.45) is 7.05 Å². The summed E-state index contributed by atoms with van der Waals surface area (Å²) in [6.45, 7) is 10.4. The standard InChI is InChI=1S/C19H29N7O/c1-23-21-19(20-22-23)18-16-26(13-14-27-18)12-9-24-7-10-25(11-8-24)15-17-5-3-2-4-6-17/h2-6,18H,7-16H2,1H3. The molecule has 4 rings (SSSR count). The maximum atomic E-state index is 5.83. The second-order valence-electron chi connectivity index (χ2n) is 7.40. The Morgan fingerprint density at radius 3 is 2.44 bits per heavy atom. The van der Waals surface area contributed by atoms with E-state index in [0.29, 0.717) is 5.82 Å². The first-order valence-corrected chi connectivity index (χ1v) is 9.83. The highest BCUT2D eigenvalue weighted by atomic mass is 16.5. The summed E-state index contributed by atoms with van der Waals surface area (Å²) in [6.07, 6.45) is -0.0600. The molecule has 2 aliphatic rings. The van der Waals surface area contributed by atoms with E-state index in [0.717, 1.165) is 65.5 Å². The molecule has 1 atom stereocenters. The zero-order chi connectivity index (χ0) is 18.5. The minimum Gasteiger partial charge on any atom is -0.367 e. The van der Waals surface area contributed by atoms with E-state index >= 15 is 0 Å². The molecule has 0 radical (unpaired) electrons. The van der Waals surface area contributed by atoms with Crippen molar-refractivity contribution < 1.29 is 4.74 Å². The van der Waals surface area contributed by atoms with Gasteiger partial charge in [0.15, 0.2) is 0 Å². The SMILES string of the molecule is Cn1nnc(C2CN(CCN3CCN(Cc4ccccc4)CC3)CCO2)n1. The fourth-order valence-corrected chi connectivity index (χ4v) is 3.78. The van der Waals surface area contributed by atoms with E-state index in [9.17, 15) is 0 Å². The van der Waals surface area contributed by atoms with Crippen molar-refractivity contribution in [3.63, 3.8) is 0 Å². The Labute approximate surface area is 160 Å². The normalized spacial score (nSPS) is 22.9. The van der Waals surface area contributed by atoms with Crippen LogP contribution in [-0.2, 0) is 18.3 Å². The van der Waals surface area contributed by atoms with Gasteiger partial charge in [0, 0.05) is 58.9 Å². The van der Waals surface area contributed by atoms with Crippen LogP contribution in [0.1, 0.15) is 17.5 Å². The van der Waals surface area contributed by atoms with Crippen LogP contribution < -0.4 is 0 Å². The minimum absolute atomic E-state index is 0.0600. The van der Waals surface area contributed by atoms with E-state index in [2.05, 4.69) is 60.4 Å². The smallest absolute Gasteiger partial charge is 0.204 e. The van der Waals surface area contributed by atoms with E-state index in [1.807, 2.05) is 0 Å². The Balaban J connectivity index is 1.18. The molecule has 3 heterocycles. The van der Waals surface area contributed by atoms with Crippen LogP contribution in [0.2, 0.25) is 0 Å². The van der Waals surface area contributed by atoms with Gasteiger partial charge in [-0.3, -0.25) is 14.7 Å². The second kappa shape index (κ2) is 8.88. The van der Waals surface area contributed by atoms with Crippen molar-refractivity contribution in [2.45, 2.75) is 12.6 Å². The molecule has 8 heteroatoms. The maximum absolute atomic E-state index is 5.83. The van der Waals surface area contributed by atoms with Gasteiger partial charge >= 0.3 is 0 Å². The monoisotopic (exact) mass is 371 g/mol. The molecule has 0 aliphatic carbocycles. The molecule has 1 unspecified atom stereocenters. The van der Waals surface area contributed by atoms with Crippen molar-refractivity contribution in [1.29, 1.82) is 0 Å². The van der Waals surface area contributed by atoms with Gasteiger partial charge in [-0.25, -0.2) is 0 Å². The number of piperazine rings is 1. The average molecular weight is 371 g/mol. The molecule has 1 aromatic carbocycles. The minimum atomic E-state index is -0.0600. The number of aromatic nitrogens is 4. The van der Waals surface area contributed by atoms with E-state index in [4.69, 9.17) is 4.74 Å². The van der Waals surface area contributed by atoms with Crippen molar-refractivity contribution in [1.82, 2.24) is 34.9 Å². The summed E-state index contributed by atoms with van der Waals surface area (Å²) < 4.78 is 5.83. The third-order valence-electron chi connectivity index (χ3n) is 5.41. The van der Waals surface area contributed by atoms with Crippen LogP contribution in [0.15, 0.2) is 30.3 Å². The van der Waals surface area contributed by atoms with Gasteiger partial charge in [0.2, 0.25) is 5.82 Å². The Bertz CT molecular complexity index is 699. The Hall–Kier alpha value is -1.87. The lowest BCUT2D eigenvalue weighted by atomic mass is 10.2. The number of aryl methyl sites for hydroxylation is 1. The van der Waals surface area contributed by atoms with E-state index < -0.39 is 0 Å². The lowest BCUT2D eigenvalue weighted by Crippen LogP contribution is -2.49. The first-order valence-electron chi connectivity index (χ1n) is 9.83. The zero-order valence-corrected chi connectivity index (χ0v) is 16.1. The van der Waals surface area contributed by atoms with Crippen molar-refractivity contribution in [3.05, 3.63) is 41.7 Å². The molecule has 0 amide bonds. The van der Waals surface area contributed by atoms with Crippen molar-refractivity contribution in [3.8, 4) is 0 Å². The topological polar surface area (TPSA) is 62.6 Å². The summed E-state index contributed by atoms with van der Waals surface area (Å²) in [7, 11) is 1.79. The van der Waals surface area contributed by atoms with Crippen LogP contribution in [0.4, 0.5) is 0 Å². The summed E-state index contributed by atoms with van der Waals surface area (Å²) >= 11 is 0. The molecule has 146 valence electrons. The quantitative estimate of drug-likeness (QED) is 0.728. The number of nitrogens with zero attached hydrogens (tertiary/aromatic N) is 7. The van der Waals surface area contributed by atoms with Crippen LogP contribution in [0, 0.1) is 0 Å². The fraction of sp³-hybridized carbons (Fsp3) is 0.632. The molecule has 2 aliphatic heterocycles. The van der Waals surface area contributed by atoms with Gasteiger partial charge in [-0.2, -0.15) is 4.80 Å². The third-order valence-corrected chi connectivity index (χ3v) is 5.41. The zero-order valence-electron chi connectivity index (χ0n) is 16.1. The van der Waals surface area contributed by atoms with Crippen molar-refractivity contribution >= 4 is 0 Å². The molecular weight excluding hydrogens is 342 g/mol. The summed E-state index contributed by atoms with van der Waals surface area (Å²) in [5.74, 6) is 0.691. The van der Waals surface area contributed by atoms with Crippen LogP contribution in [-0.4, -0.2) is 93.9 Å². The van der Waals surface area contributed by atoms with Crippen LogP contribution in [0.3, 0.4) is 0 Å². The lowest BCUT2D eigenvalue weighted by Gasteiger charge is -2.37. The molecule has 2 aromatic rings. The predicted molar refractivity (Wildman–Crippen MR) is 102 cm³/mol. The van der Waals surface area contributed by atoms with Gasteiger partial charge in [0.05, 0.1) is 13.7 Å². The van der Waals surface area contributed by atoms with E-state index in [-0.39, 0.29) is 6.10 Å². The highest BCUT2D eigenvalue weighted by molar-refractivity contribution is 5.14. The summed E-state index contributed by atoms with van der Waals surface area (Å²) in [5.41, 5.74) is 1.41. The number of benzene rings is 1. The molecule has 0 N–H and O–H groups in total. The van der Waals surface area contributed by atoms with Gasteiger partial charge in [-0.15, -0.1) is 10.2 Å². The Morgan fingerprint density at radius 2 is 1.70 bits per heavy atom. The van der Waals surface area contributed by atoms with Crippen LogP contribution in [0.5, 0.6) is 0 Å². The highest BCUT2D eigenvalue weighted by Crippen LogP contribution is 2.18. The first kappa shape index (κ1) is 18.5. The lowest BCUT2D eigenvalue weighted by molar-refractivity contribution is -0.0374. The summed E-state index contributed by atoms with van der Waals surface area (Å²) in [5, 5.41) is 12.3. The van der Waals surface area contributed by atoms with Crippen molar-refractivity contribution in [2.75, 3.05) is 59.0 Å². The third kappa shape index (κ3) is 5.10. The number of morpholine rings is 1. The van der Waals surface area contributed by atoms with Gasteiger partial charge in [0.25, 0.3) is 0 Å². The fourth-order valence-electron chi connectivity index (χ4n) is 3.78. The molecule has 8 nitrogen and oxygen atoms in total. The molecule has 0 saturated carbocycles. The number of hydrogen-bond acceptors (Lipinski definition) is 7. The Kier molecular flexibility index (Phi) is 6.08.